The van der Waals surface area contributed by atoms with Crippen LogP contribution in [0.3, 0.4) is 0 Å². The van der Waals surface area contributed by atoms with Gasteiger partial charge in [-0.15, -0.1) is 0 Å². The summed E-state index contributed by atoms with van der Waals surface area (Å²) >= 11 is 11.5. The first-order chi connectivity index (χ1) is 12.2. The first-order valence-corrected chi connectivity index (χ1v) is 9.18. The van der Waals surface area contributed by atoms with Crippen molar-refractivity contribution in [1.29, 1.82) is 0 Å². The largest absolute Gasteiger partial charge is 0.497 e. The second kappa shape index (κ2) is 8.45. The molecule has 2 N–H and O–H groups in total. The molecule has 1 aliphatic rings. The number of hydrogen-bond acceptors (Lipinski definition) is 4. The predicted octanol–water partition coefficient (Wildman–Crippen LogP) is 4.03. The average Bonchev–Trinajstić information content (AvgIpc) is 2.62. The molecule has 0 bridgehead atoms. The Hall–Kier alpha value is -1.92. The van der Waals surface area contributed by atoms with Gasteiger partial charge in [-0.05, 0) is 49.3 Å². The molecule has 1 aliphatic carbocycles. The summed E-state index contributed by atoms with van der Waals surface area (Å²) in [5.41, 5.74) is 4.38. The number of pyridine rings is 1. The highest BCUT2D eigenvalue weighted by Crippen LogP contribution is 2.23. The zero-order chi connectivity index (χ0) is 17.6. The number of thiocarbonyl (C=S) groups is 1. The van der Waals surface area contributed by atoms with Crippen molar-refractivity contribution in [2.75, 3.05) is 7.11 Å². The fourth-order valence-electron chi connectivity index (χ4n) is 2.99. The van der Waals surface area contributed by atoms with Gasteiger partial charge in [0.1, 0.15) is 10.9 Å². The van der Waals surface area contributed by atoms with Crippen LogP contribution in [0.25, 0.3) is 10.9 Å². The van der Waals surface area contributed by atoms with Gasteiger partial charge in [0.2, 0.25) is 0 Å². The van der Waals surface area contributed by atoms with Gasteiger partial charge in [0.15, 0.2) is 5.11 Å². The highest BCUT2D eigenvalue weighted by molar-refractivity contribution is 7.80. The topological polar surface area (TPSA) is 58.5 Å². The van der Waals surface area contributed by atoms with Gasteiger partial charge in [0.25, 0.3) is 0 Å². The van der Waals surface area contributed by atoms with Gasteiger partial charge in [-0.25, -0.2) is 4.98 Å². The summed E-state index contributed by atoms with van der Waals surface area (Å²) in [6.07, 6.45) is 7.77. The third-order valence-electron chi connectivity index (χ3n) is 4.31. The molecule has 0 radical (unpaired) electrons. The molecule has 0 unspecified atom stereocenters. The van der Waals surface area contributed by atoms with Crippen LogP contribution in [0, 0.1) is 0 Å². The molecule has 1 aromatic heterocycles. The molecule has 0 aliphatic heterocycles. The van der Waals surface area contributed by atoms with E-state index in [1.54, 1.807) is 13.3 Å². The van der Waals surface area contributed by atoms with Crippen molar-refractivity contribution in [3.05, 3.63) is 35.0 Å². The van der Waals surface area contributed by atoms with E-state index < -0.39 is 0 Å². The molecule has 1 fully saturated rings. The number of hydrazone groups is 1. The number of nitrogens with one attached hydrogen (secondary N) is 2. The lowest BCUT2D eigenvalue weighted by Gasteiger charge is -2.23. The van der Waals surface area contributed by atoms with Crippen molar-refractivity contribution in [3.8, 4) is 5.75 Å². The number of aromatic nitrogens is 1. The molecule has 1 aromatic carbocycles. The number of fused-ring (bicyclic) bond motifs is 1. The first kappa shape index (κ1) is 17.9. The minimum absolute atomic E-state index is 0.398. The minimum Gasteiger partial charge on any atom is -0.497 e. The quantitative estimate of drug-likeness (QED) is 0.365. The van der Waals surface area contributed by atoms with Gasteiger partial charge in [0.05, 0.1) is 18.8 Å². The maximum atomic E-state index is 6.24. The lowest BCUT2D eigenvalue weighted by Crippen LogP contribution is -2.40. The molecule has 1 heterocycles. The van der Waals surface area contributed by atoms with E-state index in [2.05, 4.69) is 20.8 Å². The van der Waals surface area contributed by atoms with Crippen molar-refractivity contribution in [3.63, 3.8) is 0 Å². The summed E-state index contributed by atoms with van der Waals surface area (Å²) in [6.45, 7) is 0. The number of rotatable bonds is 4. The fraction of sp³-hybridized carbons (Fsp3) is 0.389. The number of benzene rings is 1. The molecule has 25 heavy (non-hydrogen) atoms. The second-order valence-corrected chi connectivity index (χ2v) is 6.87. The number of methoxy groups -OCH3 is 1. The van der Waals surface area contributed by atoms with Crippen LogP contribution < -0.4 is 15.5 Å². The highest BCUT2D eigenvalue weighted by atomic mass is 35.5. The molecular formula is C18H21ClN4OS. The van der Waals surface area contributed by atoms with Gasteiger partial charge < -0.3 is 10.1 Å². The molecule has 0 atom stereocenters. The van der Waals surface area contributed by atoms with Crippen molar-refractivity contribution in [1.82, 2.24) is 15.7 Å². The van der Waals surface area contributed by atoms with Gasteiger partial charge in [-0.1, -0.05) is 30.9 Å². The molecule has 3 rings (SSSR count). The molecule has 2 aromatic rings. The molecule has 5 nitrogen and oxygen atoms in total. The zero-order valence-electron chi connectivity index (χ0n) is 14.1. The van der Waals surface area contributed by atoms with Crippen LogP contribution in [0.2, 0.25) is 5.15 Å². The predicted molar refractivity (Wildman–Crippen MR) is 107 cm³/mol. The summed E-state index contributed by atoms with van der Waals surface area (Å²) in [7, 11) is 1.64. The summed E-state index contributed by atoms with van der Waals surface area (Å²) < 4.78 is 5.25. The molecule has 132 valence electrons. The van der Waals surface area contributed by atoms with Crippen molar-refractivity contribution >= 4 is 46.0 Å². The van der Waals surface area contributed by atoms with Crippen LogP contribution in [0.15, 0.2) is 29.4 Å². The SMILES string of the molecule is COc1ccc2nc(Cl)c(/C=N\NC(=S)NC3CCCCC3)cc2c1. The van der Waals surface area contributed by atoms with Crippen molar-refractivity contribution in [2.45, 2.75) is 38.1 Å². The van der Waals surface area contributed by atoms with Gasteiger partial charge in [-0.2, -0.15) is 5.10 Å². The minimum atomic E-state index is 0.398. The van der Waals surface area contributed by atoms with Crippen molar-refractivity contribution < 1.29 is 4.74 Å². The van der Waals surface area contributed by atoms with Gasteiger partial charge in [-0.3, -0.25) is 5.43 Å². The molecule has 0 spiro atoms. The number of ether oxygens (including phenoxy) is 1. The Kier molecular flexibility index (Phi) is 6.04. The van der Waals surface area contributed by atoms with Gasteiger partial charge in [0, 0.05) is 17.0 Å². The van der Waals surface area contributed by atoms with E-state index in [4.69, 9.17) is 28.6 Å². The summed E-state index contributed by atoms with van der Waals surface area (Å²) in [5.74, 6) is 0.774. The number of nitrogens with zero attached hydrogens (tertiary/aromatic N) is 2. The van der Waals surface area contributed by atoms with Crippen LogP contribution in [0.5, 0.6) is 5.75 Å². The fourth-order valence-corrected chi connectivity index (χ4v) is 3.40. The maximum absolute atomic E-state index is 6.24. The van der Waals surface area contributed by atoms with E-state index in [1.165, 1.54) is 19.3 Å². The molecule has 1 saturated carbocycles. The lowest BCUT2D eigenvalue weighted by atomic mass is 9.96. The van der Waals surface area contributed by atoms with Gasteiger partial charge >= 0.3 is 0 Å². The molecule has 7 heteroatoms. The lowest BCUT2D eigenvalue weighted by molar-refractivity contribution is 0.412. The average molecular weight is 377 g/mol. The summed E-state index contributed by atoms with van der Waals surface area (Å²) in [6, 6.07) is 8.02. The normalized spacial score (nSPS) is 15.4. The van der Waals surface area contributed by atoms with Crippen LogP contribution in [-0.2, 0) is 0 Å². The van der Waals surface area contributed by atoms with E-state index in [1.807, 2.05) is 24.3 Å². The monoisotopic (exact) mass is 376 g/mol. The number of hydrogen-bond donors (Lipinski definition) is 2. The Bertz CT molecular complexity index is 790. The van der Waals surface area contributed by atoms with E-state index in [0.29, 0.717) is 16.3 Å². The Morgan fingerprint density at radius 1 is 1.32 bits per heavy atom. The zero-order valence-corrected chi connectivity index (χ0v) is 15.7. The van der Waals surface area contributed by atoms with E-state index in [-0.39, 0.29) is 0 Å². The second-order valence-electron chi connectivity index (χ2n) is 6.11. The van der Waals surface area contributed by atoms with Crippen LogP contribution in [0.4, 0.5) is 0 Å². The third-order valence-corrected chi connectivity index (χ3v) is 4.82. The standard InChI is InChI=1S/C18H21ClN4OS/c1-24-15-7-8-16-12(10-15)9-13(17(19)22-16)11-20-23-18(25)21-14-5-3-2-4-6-14/h7-11,14H,2-6H2,1H3,(H2,21,23,25)/b20-11-. The van der Waals surface area contributed by atoms with Crippen molar-refractivity contribution in [2.24, 2.45) is 5.10 Å². The molecular weight excluding hydrogens is 356 g/mol. The van der Waals surface area contributed by atoms with Crippen LogP contribution >= 0.6 is 23.8 Å². The molecule has 0 saturated heterocycles. The van der Waals surface area contributed by atoms with E-state index in [9.17, 15) is 0 Å². The number of halogens is 1. The summed E-state index contributed by atoms with van der Waals surface area (Å²) in [4.78, 5) is 4.38. The smallest absolute Gasteiger partial charge is 0.187 e. The third kappa shape index (κ3) is 4.80. The van der Waals surface area contributed by atoms with E-state index >= 15 is 0 Å². The Morgan fingerprint density at radius 3 is 2.88 bits per heavy atom. The Labute approximate surface area is 157 Å². The van der Waals surface area contributed by atoms with E-state index in [0.717, 1.165) is 35.1 Å². The van der Waals surface area contributed by atoms with Crippen LogP contribution in [0.1, 0.15) is 37.7 Å². The Morgan fingerprint density at radius 2 is 2.12 bits per heavy atom. The van der Waals surface area contributed by atoms with Crippen LogP contribution in [-0.4, -0.2) is 29.5 Å². The summed E-state index contributed by atoms with van der Waals surface area (Å²) in [5, 5.41) is 9.36. The Balaban J connectivity index is 1.65. The maximum Gasteiger partial charge on any atom is 0.187 e. The first-order valence-electron chi connectivity index (χ1n) is 8.39. The highest BCUT2D eigenvalue weighted by Gasteiger charge is 2.13. The molecule has 0 amide bonds.